The van der Waals surface area contributed by atoms with E-state index in [0.717, 1.165) is 0 Å². The van der Waals surface area contributed by atoms with Crippen molar-refractivity contribution in [3.63, 3.8) is 0 Å². The van der Waals surface area contributed by atoms with Crippen molar-refractivity contribution in [1.82, 2.24) is 20.6 Å². The molecule has 1 aromatic rings. The summed E-state index contributed by atoms with van der Waals surface area (Å²) >= 11 is 0. The van der Waals surface area contributed by atoms with Crippen molar-refractivity contribution in [1.29, 1.82) is 5.26 Å². The number of carbonyl (C=O) groups is 1. The van der Waals surface area contributed by atoms with Crippen LogP contribution in [0.5, 0.6) is 0 Å². The normalized spacial score (nSPS) is 11.7. The Kier molecular flexibility index (Phi) is 3.51. The molecule has 8 heteroatoms. The van der Waals surface area contributed by atoms with Crippen LogP contribution in [0.4, 0.5) is 5.95 Å². The molecular formula is C6H9N7O. The summed E-state index contributed by atoms with van der Waals surface area (Å²) in [5.74, 6) is -0.0427. The molecular weight excluding hydrogens is 186 g/mol. The van der Waals surface area contributed by atoms with E-state index in [9.17, 15) is 4.79 Å². The van der Waals surface area contributed by atoms with Gasteiger partial charge in [-0.3, -0.25) is 4.79 Å². The maximum atomic E-state index is 11.2. The molecule has 0 aliphatic heterocycles. The van der Waals surface area contributed by atoms with Crippen LogP contribution in [0, 0.1) is 11.3 Å². The number of aromatic nitrogens is 4. The number of nitriles is 1. The first-order chi connectivity index (χ1) is 6.74. The number of ketones is 1. The summed E-state index contributed by atoms with van der Waals surface area (Å²) in [6.45, 7) is -0.0115. The fraction of sp³-hybridized carbons (Fsp3) is 0.500. The van der Waals surface area contributed by atoms with Crippen LogP contribution in [0.2, 0.25) is 0 Å². The number of tetrazole rings is 1. The first kappa shape index (κ1) is 10.1. The lowest BCUT2D eigenvalue weighted by atomic mass is 10.1. The summed E-state index contributed by atoms with van der Waals surface area (Å²) < 4.78 is 0. The average molecular weight is 195 g/mol. The number of rotatable bonds is 5. The van der Waals surface area contributed by atoms with Crippen LogP contribution >= 0.6 is 0 Å². The third-order valence-corrected chi connectivity index (χ3v) is 1.49. The van der Waals surface area contributed by atoms with E-state index >= 15 is 0 Å². The molecule has 0 bridgehead atoms. The minimum Gasteiger partial charge on any atom is -0.344 e. The van der Waals surface area contributed by atoms with Crippen LogP contribution < -0.4 is 11.1 Å². The highest BCUT2D eigenvalue weighted by atomic mass is 16.1. The van der Waals surface area contributed by atoms with Crippen molar-refractivity contribution in [2.75, 3.05) is 11.9 Å². The number of hydrogen-bond acceptors (Lipinski definition) is 7. The number of nitrogens with one attached hydrogen (secondary N) is 2. The van der Waals surface area contributed by atoms with Gasteiger partial charge in [-0.1, -0.05) is 5.10 Å². The molecule has 0 aliphatic carbocycles. The quantitative estimate of drug-likeness (QED) is 0.516. The molecule has 1 rings (SSSR count). The summed E-state index contributed by atoms with van der Waals surface area (Å²) in [6.07, 6.45) is 0.00670. The molecule has 4 N–H and O–H groups in total. The lowest BCUT2D eigenvalue weighted by molar-refractivity contribution is -0.118. The second-order valence-electron chi connectivity index (χ2n) is 2.52. The Hall–Kier alpha value is -2.01. The fourth-order valence-corrected chi connectivity index (χ4v) is 0.746. The molecule has 14 heavy (non-hydrogen) atoms. The highest BCUT2D eigenvalue weighted by Crippen LogP contribution is 1.92. The molecule has 8 nitrogen and oxygen atoms in total. The number of nitrogens with two attached hydrogens (primary N) is 1. The van der Waals surface area contributed by atoms with Gasteiger partial charge in [-0.25, -0.2) is 0 Å². The summed E-state index contributed by atoms with van der Waals surface area (Å²) in [5.41, 5.74) is 5.39. The van der Waals surface area contributed by atoms with E-state index in [4.69, 9.17) is 11.0 Å². The van der Waals surface area contributed by atoms with Crippen molar-refractivity contribution < 1.29 is 4.79 Å². The van der Waals surface area contributed by atoms with Gasteiger partial charge in [0.15, 0.2) is 5.78 Å². The van der Waals surface area contributed by atoms with Gasteiger partial charge < -0.3 is 11.1 Å². The van der Waals surface area contributed by atoms with Gasteiger partial charge in [0.1, 0.15) is 0 Å². The van der Waals surface area contributed by atoms with Gasteiger partial charge in [-0.15, -0.1) is 5.10 Å². The lowest BCUT2D eigenvalue weighted by Crippen LogP contribution is -2.34. The van der Waals surface area contributed by atoms with Gasteiger partial charge in [-0.2, -0.15) is 10.5 Å². The predicted molar refractivity (Wildman–Crippen MR) is 45.9 cm³/mol. The molecule has 0 aromatic carbocycles. The number of nitrogens with zero attached hydrogens (tertiary/aromatic N) is 4. The predicted octanol–water partition coefficient (Wildman–Crippen LogP) is -1.58. The summed E-state index contributed by atoms with van der Waals surface area (Å²) in [4.78, 5) is 11.2. The minimum atomic E-state index is -0.764. The van der Waals surface area contributed by atoms with Gasteiger partial charge in [0.2, 0.25) is 0 Å². The van der Waals surface area contributed by atoms with Crippen LogP contribution in [0.1, 0.15) is 6.42 Å². The van der Waals surface area contributed by atoms with E-state index in [0.29, 0.717) is 0 Å². The van der Waals surface area contributed by atoms with Crippen molar-refractivity contribution in [3.8, 4) is 6.07 Å². The summed E-state index contributed by atoms with van der Waals surface area (Å²) in [7, 11) is 0. The summed E-state index contributed by atoms with van der Waals surface area (Å²) in [5, 5.41) is 23.6. The molecule has 0 fully saturated rings. The summed E-state index contributed by atoms with van der Waals surface area (Å²) in [6, 6.07) is 1.05. The SMILES string of the molecule is N#CCC(N)C(=O)CNc1nn[nH]n1. The Morgan fingerprint density at radius 3 is 3.14 bits per heavy atom. The van der Waals surface area contributed by atoms with E-state index in [1.807, 2.05) is 6.07 Å². The van der Waals surface area contributed by atoms with Crippen LogP contribution in [0.25, 0.3) is 0 Å². The molecule has 0 radical (unpaired) electrons. The number of H-pyrrole nitrogens is 1. The van der Waals surface area contributed by atoms with Gasteiger partial charge in [0.05, 0.1) is 25.1 Å². The van der Waals surface area contributed by atoms with Crippen LogP contribution in [0.15, 0.2) is 0 Å². The second kappa shape index (κ2) is 4.88. The van der Waals surface area contributed by atoms with Crippen molar-refractivity contribution in [3.05, 3.63) is 0 Å². The first-order valence-corrected chi connectivity index (χ1v) is 3.86. The van der Waals surface area contributed by atoms with E-state index in [1.165, 1.54) is 0 Å². The zero-order chi connectivity index (χ0) is 10.4. The van der Waals surface area contributed by atoms with Crippen molar-refractivity contribution in [2.24, 2.45) is 5.73 Å². The van der Waals surface area contributed by atoms with E-state index < -0.39 is 6.04 Å². The Balaban J connectivity index is 2.32. The molecule has 0 amide bonds. The third kappa shape index (κ3) is 2.80. The fourth-order valence-electron chi connectivity index (χ4n) is 0.746. The van der Waals surface area contributed by atoms with E-state index in [1.54, 1.807) is 0 Å². The van der Waals surface area contributed by atoms with Crippen LogP contribution in [-0.2, 0) is 4.79 Å². The first-order valence-electron chi connectivity index (χ1n) is 3.86. The zero-order valence-corrected chi connectivity index (χ0v) is 7.27. The highest BCUT2D eigenvalue weighted by molar-refractivity contribution is 5.87. The van der Waals surface area contributed by atoms with E-state index in [2.05, 4.69) is 25.9 Å². The van der Waals surface area contributed by atoms with Crippen molar-refractivity contribution >= 4 is 11.7 Å². The number of aromatic amines is 1. The largest absolute Gasteiger partial charge is 0.344 e. The Bertz CT molecular complexity index is 326. The van der Waals surface area contributed by atoms with Crippen LogP contribution in [0.3, 0.4) is 0 Å². The Morgan fingerprint density at radius 1 is 1.79 bits per heavy atom. The van der Waals surface area contributed by atoms with Gasteiger partial charge in [0, 0.05) is 0 Å². The van der Waals surface area contributed by atoms with Crippen molar-refractivity contribution in [2.45, 2.75) is 12.5 Å². The number of Topliss-reactive ketones (excluding diaryl/α,β-unsaturated/α-hetero) is 1. The molecule has 1 atom stereocenters. The molecule has 0 spiro atoms. The van der Waals surface area contributed by atoms with Crippen LogP contribution in [-0.4, -0.2) is 39.0 Å². The average Bonchev–Trinajstić information content (AvgIpc) is 2.67. The smallest absolute Gasteiger partial charge is 0.263 e. The molecule has 0 saturated heterocycles. The maximum Gasteiger partial charge on any atom is 0.263 e. The third-order valence-electron chi connectivity index (χ3n) is 1.49. The second-order valence-corrected chi connectivity index (χ2v) is 2.52. The lowest BCUT2D eigenvalue weighted by Gasteiger charge is -2.05. The number of carbonyl (C=O) groups excluding carboxylic acids is 1. The maximum absolute atomic E-state index is 11.2. The monoisotopic (exact) mass is 195 g/mol. The number of anilines is 1. The molecule has 0 saturated carbocycles. The standard InChI is InChI=1S/C6H9N7O/c7-2-1-4(8)5(14)3-9-6-10-12-13-11-6/h4H,1,3,8H2,(H2,9,10,11,12,13). The Morgan fingerprint density at radius 2 is 2.57 bits per heavy atom. The highest BCUT2D eigenvalue weighted by Gasteiger charge is 2.12. The van der Waals surface area contributed by atoms with Gasteiger partial charge >= 0.3 is 0 Å². The Labute approximate surface area is 79.5 Å². The molecule has 1 heterocycles. The molecule has 1 aromatic heterocycles. The van der Waals surface area contributed by atoms with Gasteiger partial charge in [-0.05, 0) is 5.21 Å². The number of hydrogen-bond donors (Lipinski definition) is 3. The zero-order valence-electron chi connectivity index (χ0n) is 7.27. The minimum absolute atomic E-state index is 0.00670. The van der Waals surface area contributed by atoms with E-state index in [-0.39, 0.29) is 24.7 Å². The topological polar surface area (TPSA) is 133 Å². The molecule has 0 aliphatic rings. The molecule has 1 unspecified atom stereocenters. The van der Waals surface area contributed by atoms with Gasteiger partial charge in [0.25, 0.3) is 5.95 Å². The molecule has 74 valence electrons.